The molecule has 0 aliphatic heterocycles. The summed E-state index contributed by atoms with van der Waals surface area (Å²) in [7, 11) is 0. The Hall–Kier alpha value is -0.300. The molecule has 0 aliphatic carbocycles. The maximum Gasteiger partial charge on any atom is 0.264 e. The third-order valence-electron chi connectivity index (χ3n) is 1.88. The van der Waals surface area contributed by atoms with Crippen LogP contribution in [0.3, 0.4) is 0 Å². The van der Waals surface area contributed by atoms with Crippen LogP contribution in [0.5, 0.6) is 0 Å². The minimum absolute atomic E-state index is 0.101. The molecule has 0 amide bonds. The highest BCUT2D eigenvalue weighted by Crippen LogP contribution is 2.32. The van der Waals surface area contributed by atoms with Gasteiger partial charge in [0.1, 0.15) is 5.82 Å². The van der Waals surface area contributed by atoms with Crippen LogP contribution in [0.4, 0.5) is 13.2 Å². The summed E-state index contributed by atoms with van der Waals surface area (Å²) in [4.78, 5) is 0. The van der Waals surface area contributed by atoms with E-state index in [9.17, 15) is 13.2 Å². The Labute approximate surface area is 95.9 Å². The van der Waals surface area contributed by atoms with Gasteiger partial charge in [0.15, 0.2) is 0 Å². The van der Waals surface area contributed by atoms with Crippen LogP contribution in [0.15, 0.2) is 17.5 Å². The van der Waals surface area contributed by atoms with E-state index in [1.165, 1.54) is 22.8 Å². The zero-order valence-corrected chi connectivity index (χ0v) is 9.70. The average Bonchev–Trinajstić information content (AvgIpc) is 2.46. The molecule has 1 aromatic heterocycles. The van der Waals surface area contributed by atoms with Crippen molar-refractivity contribution in [2.24, 2.45) is 0 Å². The number of hydrogen-bond acceptors (Lipinski definition) is 1. The lowest BCUT2D eigenvalue weighted by molar-refractivity contribution is 0.150. The van der Waals surface area contributed by atoms with Gasteiger partial charge in [-0.1, -0.05) is 0 Å². The van der Waals surface area contributed by atoms with E-state index in [4.69, 9.17) is 0 Å². The molecule has 0 bridgehead atoms. The minimum atomic E-state index is -2.55. The Kier molecular flexibility index (Phi) is 2.70. The largest absolute Gasteiger partial charge is 0.264 e. The van der Waals surface area contributed by atoms with E-state index < -0.39 is 12.2 Å². The first-order chi connectivity index (χ1) is 6.59. The van der Waals surface area contributed by atoms with Gasteiger partial charge in [0.05, 0.1) is 0 Å². The second kappa shape index (κ2) is 3.69. The number of fused-ring (bicyclic) bond motifs is 1. The number of benzene rings is 1. The second-order valence-corrected chi connectivity index (χ2v) is 4.83. The van der Waals surface area contributed by atoms with E-state index in [0.29, 0.717) is 8.27 Å². The highest BCUT2D eigenvalue weighted by atomic mass is 127. The van der Waals surface area contributed by atoms with Crippen molar-refractivity contribution in [2.45, 2.75) is 6.43 Å². The fourth-order valence-corrected chi connectivity index (χ4v) is 2.94. The molecule has 0 aliphatic rings. The maximum absolute atomic E-state index is 13.1. The predicted octanol–water partition coefficient (Wildman–Crippen LogP) is 4.58. The number of rotatable bonds is 1. The molecular weight excluding hydrogens is 324 g/mol. The van der Waals surface area contributed by atoms with Gasteiger partial charge in [0.25, 0.3) is 6.43 Å². The molecule has 2 rings (SSSR count). The second-order valence-electron chi connectivity index (χ2n) is 2.75. The van der Waals surface area contributed by atoms with Crippen molar-refractivity contribution in [1.29, 1.82) is 0 Å². The van der Waals surface area contributed by atoms with Gasteiger partial charge >= 0.3 is 0 Å². The van der Waals surface area contributed by atoms with Gasteiger partial charge in [-0.15, -0.1) is 11.3 Å². The van der Waals surface area contributed by atoms with Crippen molar-refractivity contribution in [3.8, 4) is 0 Å². The molecule has 74 valence electrons. The molecule has 0 saturated carbocycles. The predicted molar refractivity (Wildman–Crippen MR) is 59.5 cm³/mol. The number of hydrogen-bond donors (Lipinski definition) is 0. The van der Waals surface area contributed by atoms with Crippen LogP contribution < -0.4 is 0 Å². The fourth-order valence-electron chi connectivity index (χ4n) is 1.20. The van der Waals surface area contributed by atoms with Crippen LogP contribution in [0, 0.1) is 9.39 Å². The fraction of sp³-hybridized carbons (Fsp3) is 0.111. The summed E-state index contributed by atoms with van der Waals surface area (Å²) in [6.07, 6.45) is -2.55. The third-order valence-corrected chi connectivity index (χ3v) is 3.73. The lowest BCUT2D eigenvalue weighted by Crippen LogP contribution is -1.88. The summed E-state index contributed by atoms with van der Waals surface area (Å²) in [5.74, 6) is -0.428. The molecule has 0 fully saturated rings. The van der Waals surface area contributed by atoms with E-state index >= 15 is 0 Å². The molecule has 0 N–H and O–H groups in total. The summed E-state index contributed by atoms with van der Waals surface area (Å²) in [5, 5.41) is 1.61. The average molecular weight is 328 g/mol. The Morgan fingerprint density at radius 2 is 2.00 bits per heavy atom. The van der Waals surface area contributed by atoms with Crippen LogP contribution in [-0.4, -0.2) is 0 Å². The van der Waals surface area contributed by atoms with Crippen LogP contribution in [0.25, 0.3) is 10.1 Å². The first-order valence-electron chi connectivity index (χ1n) is 3.74. The molecule has 2 aromatic rings. The zero-order chi connectivity index (χ0) is 10.3. The van der Waals surface area contributed by atoms with Crippen LogP contribution in [0.1, 0.15) is 12.0 Å². The normalized spacial score (nSPS) is 11.5. The topological polar surface area (TPSA) is 0 Å². The number of thiophene rings is 1. The molecule has 0 spiro atoms. The summed E-state index contributed by atoms with van der Waals surface area (Å²) in [5.41, 5.74) is -0.101. The Morgan fingerprint density at radius 1 is 1.29 bits per heavy atom. The van der Waals surface area contributed by atoms with Gasteiger partial charge in [-0.05, 0) is 34.7 Å². The molecule has 5 heteroatoms. The first-order valence-corrected chi connectivity index (χ1v) is 5.69. The summed E-state index contributed by atoms with van der Waals surface area (Å²) >= 11 is 3.06. The van der Waals surface area contributed by atoms with E-state index in [-0.39, 0.29) is 10.9 Å². The van der Waals surface area contributed by atoms with Crippen molar-refractivity contribution in [2.75, 3.05) is 0 Å². The molecule has 1 heterocycles. The molecule has 1 aromatic carbocycles. The molecule has 14 heavy (non-hydrogen) atoms. The highest BCUT2D eigenvalue weighted by molar-refractivity contribution is 14.1. The Bertz CT molecular complexity index is 478. The standard InChI is InChI=1S/C9H4F3IS/c10-6-3-14-8-2-7(13)5(9(11)12)1-4(6)8/h1-3,9H. The van der Waals surface area contributed by atoms with Crippen molar-refractivity contribution >= 4 is 44.0 Å². The number of halogens is 4. The van der Waals surface area contributed by atoms with Gasteiger partial charge in [0, 0.05) is 24.6 Å². The van der Waals surface area contributed by atoms with Crippen LogP contribution in [0.2, 0.25) is 0 Å². The van der Waals surface area contributed by atoms with Crippen LogP contribution in [-0.2, 0) is 0 Å². The molecule has 0 atom stereocenters. The maximum atomic E-state index is 13.1. The number of alkyl halides is 2. The monoisotopic (exact) mass is 328 g/mol. The van der Waals surface area contributed by atoms with Crippen molar-refractivity contribution in [1.82, 2.24) is 0 Å². The molecule has 0 nitrogen and oxygen atoms in total. The molecule has 0 radical (unpaired) electrons. The van der Waals surface area contributed by atoms with Crippen molar-refractivity contribution in [3.05, 3.63) is 32.5 Å². The van der Waals surface area contributed by atoms with Gasteiger partial charge in [0.2, 0.25) is 0 Å². The van der Waals surface area contributed by atoms with E-state index in [2.05, 4.69) is 0 Å². The summed E-state index contributed by atoms with van der Waals surface area (Å²) < 4.78 is 39.2. The van der Waals surface area contributed by atoms with E-state index in [0.717, 1.165) is 0 Å². The van der Waals surface area contributed by atoms with E-state index in [1.54, 1.807) is 6.07 Å². The van der Waals surface area contributed by atoms with Crippen LogP contribution >= 0.6 is 33.9 Å². The van der Waals surface area contributed by atoms with Gasteiger partial charge < -0.3 is 0 Å². The Balaban J connectivity index is 2.74. The third kappa shape index (κ3) is 1.63. The lowest BCUT2D eigenvalue weighted by atomic mass is 10.2. The summed E-state index contributed by atoms with van der Waals surface area (Å²) in [6, 6.07) is 2.82. The highest BCUT2D eigenvalue weighted by Gasteiger charge is 2.14. The molecule has 0 saturated heterocycles. The smallest absolute Gasteiger partial charge is 0.205 e. The lowest BCUT2D eigenvalue weighted by Gasteiger charge is -2.02. The SMILES string of the molecule is Fc1csc2cc(I)c(C(F)F)cc12. The zero-order valence-electron chi connectivity index (χ0n) is 6.73. The Morgan fingerprint density at radius 3 is 2.64 bits per heavy atom. The van der Waals surface area contributed by atoms with Gasteiger partial charge in [-0.25, -0.2) is 13.2 Å². The van der Waals surface area contributed by atoms with Crippen molar-refractivity contribution < 1.29 is 13.2 Å². The summed E-state index contributed by atoms with van der Waals surface area (Å²) in [6.45, 7) is 0. The minimum Gasteiger partial charge on any atom is -0.205 e. The van der Waals surface area contributed by atoms with Gasteiger partial charge in [-0.3, -0.25) is 0 Å². The molecule has 0 unspecified atom stereocenters. The van der Waals surface area contributed by atoms with Crippen molar-refractivity contribution in [3.63, 3.8) is 0 Å². The quantitative estimate of drug-likeness (QED) is 0.672. The van der Waals surface area contributed by atoms with E-state index in [1.807, 2.05) is 22.6 Å². The van der Waals surface area contributed by atoms with Gasteiger partial charge in [-0.2, -0.15) is 0 Å². The molecular formula is C9H4F3IS. The first kappa shape index (κ1) is 10.2.